The zero-order valence-electron chi connectivity index (χ0n) is 9.79. The molecule has 0 saturated carbocycles. The minimum absolute atomic E-state index is 0.0776. The van der Waals surface area contributed by atoms with Crippen molar-refractivity contribution in [1.29, 1.82) is 0 Å². The molecule has 2 rings (SSSR count). The fraction of sp³-hybridized carbons (Fsp3) is 0.417. The Kier molecular flexibility index (Phi) is 4.38. The first-order valence-electron chi connectivity index (χ1n) is 5.73. The Balaban J connectivity index is 1.88. The van der Waals surface area contributed by atoms with E-state index in [1.807, 2.05) is 0 Å². The van der Waals surface area contributed by atoms with Crippen LogP contribution in [0.5, 0.6) is 0 Å². The maximum absolute atomic E-state index is 13.4. The van der Waals surface area contributed by atoms with Gasteiger partial charge in [0, 0.05) is 36.8 Å². The van der Waals surface area contributed by atoms with Gasteiger partial charge in [0.25, 0.3) is 0 Å². The number of benzene rings is 1. The summed E-state index contributed by atoms with van der Waals surface area (Å²) in [5.41, 5.74) is 0.322. The van der Waals surface area contributed by atoms with Crippen molar-refractivity contribution in [3.8, 4) is 0 Å². The normalized spacial score (nSPS) is 15.6. The second-order valence-electron chi connectivity index (χ2n) is 4.03. The lowest BCUT2D eigenvalue weighted by atomic mass is 10.2. The zero-order valence-corrected chi connectivity index (χ0v) is 10.5. The minimum atomic E-state index is -0.462. The molecule has 0 unspecified atom stereocenters. The van der Waals surface area contributed by atoms with Crippen molar-refractivity contribution in [1.82, 2.24) is 10.2 Å². The number of piperazine rings is 1. The highest BCUT2D eigenvalue weighted by atomic mass is 35.5. The molecule has 0 bridgehead atoms. The summed E-state index contributed by atoms with van der Waals surface area (Å²) in [6.45, 7) is 2.66. The molecule has 1 fully saturated rings. The lowest BCUT2D eigenvalue weighted by molar-refractivity contribution is 0.0910. The monoisotopic (exact) mass is 272 g/mol. The molecule has 1 N–H and O–H groups in total. The fourth-order valence-corrected chi connectivity index (χ4v) is 1.88. The maximum Gasteiger partial charge on any atom is 0.410 e. The molecule has 0 aliphatic carbocycles. The molecule has 1 heterocycles. The van der Waals surface area contributed by atoms with Gasteiger partial charge in [0.05, 0.1) is 0 Å². The Labute approximate surface area is 110 Å². The van der Waals surface area contributed by atoms with Crippen molar-refractivity contribution in [3.05, 3.63) is 34.6 Å². The summed E-state index contributed by atoms with van der Waals surface area (Å²) in [7, 11) is 0. The Morgan fingerprint density at radius 1 is 1.44 bits per heavy atom. The first kappa shape index (κ1) is 13.1. The second-order valence-corrected chi connectivity index (χ2v) is 4.46. The molecule has 0 spiro atoms. The molecule has 0 aromatic heterocycles. The van der Waals surface area contributed by atoms with Gasteiger partial charge in [-0.1, -0.05) is 17.7 Å². The second kappa shape index (κ2) is 6.02. The largest absolute Gasteiger partial charge is 0.444 e. The van der Waals surface area contributed by atoms with Crippen LogP contribution in [0.15, 0.2) is 18.2 Å². The van der Waals surface area contributed by atoms with Crippen LogP contribution in [0.4, 0.5) is 9.18 Å². The van der Waals surface area contributed by atoms with Crippen LogP contribution in [-0.2, 0) is 11.3 Å². The molecule has 1 aromatic carbocycles. The number of hydrogen-bond donors (Lipinski definition) is 1. The van der Waals surface area contributed by atoms with Gasteiger partial charge in [-0.2, -0.15) is 0 Å². The van der Waals surface area contributed by atoms with Crippen molar-refractivity contribution in [2.75, 3.05) is 26.2 Å². The number of halogens is 2. The number of ether oxygens (including phenoxy) is 1. The van der Waals surface area contributed by atoms with Gasteiger partial charge < -0.3 is 15.0 Å². The van der Waals surface area contributed by atoms with Gasteiger partial charge in [-0.25, -0.2) is 9.18 Å². The number of hydrogen-bond acceptors (Lipinski definition) is 3. The van der Waals surface area contributed by atoms with Crippen molar-refractivity contribution in [3.63, 3.8) is 0 Å². The van der Waals surface area contributed by atoms with E-state index in [0.717, 1.165) is 13.1 Å². The smallest absolute Gasteiger partial charge is 0.410 e. The van der Waals surface area contributed by atoms with E-state index in [0.29, 0.717) is 23.7 Å². The van der Waals surface area contributed by atoms with Gasteiger partial charge in [-0.05, 0) is 12.1 Å². The van der Waals surface area contributed by atoms with Crippen LogP contribution in [0.2, 0.25) is 5.02 Å². The first-order valence-corrected chi connectivity index (χ1v) is 6.11. The van der Waals surface area contributed by atoms with Crippen molar-refractivity contribution < 1.29 is 13.9 Å². The van der Waals surface area contributed by atoms with E-state index in [1.54, 1.807) is 11.0 Å². The molecular formula is C12H14ClFN2O2. The lowest BCUT2D eigenvalue weighted by Crippen LogP contribution is -2.46. The molecule has 0 radical (unpaired) electrons. The van der Waals surface area contributed by atoms with Crippen LogP contribution in [0.3, 0.4) is 0 Å². The van der Waals surface area contributed by atoms with E-state index >= 15 is 0 Å². The summed E-state index contributed by atoms with van der Waals surface area (Å²) in [4.78, 5) is 13.3. The van der Waals surface area contributed by atoms with E-state index in [2.05, 4.69) is 5.32 Å². The standard InChI is InChI=1S/C12H14ClFN2O2/c13-10-2-1-9(11(14)7-10)8-18-12(17)16-5-3-15-4-6-16/h1-2,7,15H,3-6,8H2. The quantitative estimate of drug-likeness (QED) is 0.896. The molecule has 1 saturated heterocycles. The van der Waals surface area contributed by atoms with Gasteiger partial charge in [0.1, 0.15) is 12.4 Å². The third-order valence-electron chi connectivity index (χ3n) is 2.74. The molecule has 6 heteroatoms. The Morgan fingerprint density at radius 3 is 2.83 bits per heavy atom. The molecule has 18 heavy (non-hydrogen) atoms. The Morgan fingerprint density at radius 2 is 2.17 bits per heavy atom. The van der Waals surface area contributed by atoms with Gasteiger partial charge >= 0.3 is 6.09 Å². The SMILES string of the molecule is O=C(OCc1ccc(Cl)cc1F)N1CCNCC1. The first-order chi connectivity index (χ1) is 8.66. The predicted octanol–water partition coefficient (Wildman–Crippen LogP) is 2.02. The Bertz CT molecular complexity index is 436. The van der Waals surface area contributed by atoms with E-state index in [-0.39, 0.29) is 6.61 Å². The van der Waals surface area contributed by atoms with Gasteiger partial charge in [-0.3, -0.25) is 0 Å². The number of rotatable bonds is 2. The van der Waals surface area contributed by atoms with E-state index < -0.39 is 11.9 Å². The highest BCUT2D eigenvalue weighted by Gasteiger charge is 2.17. The van der Waals surface area contributed by atoms with E-state index in [4.69, 9.17) is 16.3 Å². The lowest BCUT2D eigenvalue weighted by Gasteiger charge is -2.26. The third kappa shape index (κ3) is 3.34. The topological polar surface area (TPSA) is 41.6 Å². The van der Waals surface area contributed by atoms with Crippen LogP contribution in [0, 0.1) is 5.82 Å². The summed E-state index contributed by atoms with van der Waals surface area (Å²) in [5, 5.41) is 3.46. The van der Waals surface area contributed by atoms with Crippen LogP contribution in [-0.4, -0.2) is 37.2 Å². The van der Waals surface area contributed by atoms with Crippen LogP contribution >= 0.6 is 11.6 Å². The summed E-state index contributed by atoms with van der Waals surface area (Å²) >= 11 is 5.64. The maximum atomic E-state index is 13.4. The number of amides is 1. The van der Waals surface area contributed by atoms with Gasteiger partial charge in [0.2, 0.25) is 0 Å². The van der Waals surface area contributed by atoms with Gasteiger partial charge in [0.15, 0.2) is 0 Å². The van der Waals surface area contributed by atoms with Crippen molar-refractivity contribution in [2.24, 2.45) is 0 Å². The van der Waals surface area contributed by atoms with Crippen LogP contribution < -0.4 is 5.32 Å². The number of carbonyl (C=O) groups is 1. The molecule has 1 aromatic rings. The summed E-state index contributed by atoms with van der Waals surface area (Å²) in [6, 6.07) is 4.29. The van der Waals surface area contributed by atoms with Crippen molar-refractivity contribution in [2.45, 2.75) is 6.61 Å². The minimum Gasteiger partial charge on any atom is -0.444 e. The molecule has 1 aliphatic heterocycles. The summed E-state index contributed by atoms with van der Waals surface area (Å²) in [6.07, 6.45) is -0.411. The third-order valence-corrected chi connectivity index (χ3v) is 2.98. The average molecular weight is 273 g/mol. The summed E-state index contributed by atoms with van der Waals surface area (Å²) < 4.78 is 18.5. The number of nitrogens with one attached hydrogen (secondary N) is 1. The van der Waals surface area contributed by atoms with Gasteiger partial charge in [-0.15, -0.1) is 0 Å². The van der Waals surface area contributed by atoms with E-state index in [1.165, 1.54) is 12.1 Å². The predicted molar refractivity (Wildman–Crippen MR) is 66.0 cm³/mol. The molecule has 98 valence electrons. The van der Waals surface area contributed by atoms with Crippen LogP contribution in [0.25, 0.3) is 0 Å². The molecule has 4 nitrogen and oxygen atoms in total. The zero-order chi connectivity index (χ0) is 13.0. The number of carbonyl (C=O) groups excluding carboxylic acids is 1. The highest BCUT2D eigenvalue weighted by Crippen LogP contribution is 2.15. The van der Waals surface area contributed by atoms with Crippen LogP contribution in [0.1, 0.15) is 5.56 Å². The fourth-order valence-electron chi connectivity index (χ4n) is 1.72. The highest BCUT2D eigenvalue weighted by molar-refractivity contribution is 6.30. The van der Waals surface area contributed by atoms with E-state index in [9.17, 15) is 9.18 Å². The molecule has 1 aliphatic rings. The molecular weight excluding hydrogens is 259 g/mol. The molecule has 1 amide bonds. The average Bonchev–Trinajstić information content (AvgIpc) is 2.38. The van der Waals surface area contributed by atoms with Crippen molar-refractivity contribution >= 4 is 17.7 Å². The molecule has 0 atom stereocenters. The Hall–Kier alpha value is -1.33. The number of nitrogens with zero attached hydrogens (tertiary/aromatic N) is 1. The summed E-state index contributed by atoms with van der Waals surface area (Å²) in [5.74, 6) is -0.462.